The Balaban J connectivity index is 0.904. The minimum Gasteiger partial charge on any atom is -0.458 e. The Morgan fingerprint density at radius 1 is 0.371 bits per heavy atom. The summed E-state index contributed by atoms with van der Waals surface area (Å²) in [4.78, 5) is 110. The Labute approximate surface area is 401 Å². The molecule has 70 heavy (non-hydrogen) atoms. The number of hydrogen-bond acceptors (Lipinski definition) is 18. The maximum absolute atomic E-state index is 12.8. The molecule has 6 aromatic rings. The number of benzene rings is 4. The van der Waals surface area contributed by atoms with Crippen molar-refractivity contribution in [2.24, 2.45) is 0 Å². The van der Waals surface area contributed by atoms with Crippen molar-refractivity contribution in [2.45, 2.75) is 91.4 Å². The van der Waals surface area contributed by atoms with Crippen LogP contribution in [0.4, 0.5) is 0 Å². The average Bonchev–Trinajstić information content (AvgIpc) is 3.36. The number of hydrogen-bond donors (Lipinski definition) is 0. The monoisotopic (exact) mass is 956 g/mol. The molecule has 0 aliphatic heterocycles. The highest BCUT2D eigenvalue weighted by Crippen LogP contribution is 2.21. The van der Waals surface area contributed by atoms with E-state index in [1.165, 1.54) is 53.9 Å². The van der Waals surface area contributed by atoms with E-state index in [1.54, 1.807) is 60.7 Å². The van der Waals surface area contributed by atoms with Gasteiger partial charge in [0.1, 0.15) is 13.2 Å². The van der Waals surface area contributed by atoms with Crippen molar-refractivity contribution in [3.63, 3.8) is 0 Å². The first-order valence-electron chi connectivity index (χ1n) is 21.9. The molecule has 6 atom stereocenters. The Bertz CT molecular complexity index is 2740. The van der Waals surface area contributed by atoms with Gasteiger partial charge in [0.25, 0.3) is 0 Å². The van der Waals surface area contributed by atoms with Crippen molar-refractivity contribution in [3.8, 4) is 11.4 Å². The zero-order valence-corrected chi connectivity index (χ0v) is 38.9. The molecule has 18 heteroatoms. The maximum atomic E-state index is 12.8. The summed E-state index contributed by atoms with van der Waals surface area (Å²) in [5, 5.41) is 3.45. The third kappa shape index (κ3) is 13.8. The van der Waals surface area contributed by atoms with Crippen LogP contribution in [0.2, 0.25) is 0 Å². The molecule has 0 aliphatic rings. The minimum atomic E-state index is -1.45. The summed E-state index contributed by atoms with van der Waals surface area (Å²) in [6.07, 6.45) is -5.48. The second-order valence-electron chi connectivity index (χ2n) is 15.8. The van der Waals surface area contributed by atoms with Crippen LogP contribution in [0.1, 0.15) is 73.4 Å². The molecule has 2 aromatic heterocycles. The lowest BCUT2D eigenvalue weighted by Crippen LogP contribution is -2.36. The molecule has 2 heterocycles. The van der Waals surface area contributed by atoms with Gasteiger partial charge >= 0.3 is 47.8 Å². The summed E-state index contributed by atoms with van der Waals surface area (Å²) < 4.78 is 41.8. The van der Waals surface area contributed by atoms with Crippen LogP contribution >= 0.6 is 0 Å². The quantitative estimate of drug-likeness (QED) is 0.0602. The van der Waals surface area contributed by atoms with Gasteiger partial charge in [-0.2, -0.15) is 0 Å². The van der Waals surface area contributed by atoms with Crippen molar-refractivity contribution in [3.05, 3.63) is 144 Å². The van der Waals surface area contributed by atoms with E-state index in [9.17, 15) is 38.4 Å². The van der Waals surface area contributed by atoms with Crippen molar-refractivity contribution in [1.29, 1.82) is 0 Å². The Morgan fingerprint density at radius 2 is 0.686 bits per heavy atom. The summed E-state index contributed by atoms with van der Waals surface area (Å²) in [6.45, 7) is 7.14. The highest BCUT2D eigenvalue weighted by Gasteiger charge is 2.31. The predicted octanol–water partition coefficient (Wildman–Crippen LogP) is 6.75. The molecule has 0 N–H and O–H groups in total. The fourth-order valence-electron chi connectivity index (χ4n) is 6.41. The lowest BCUT2D eigenvalue weighted by Gasteiger charge is -2.18. The number of pyridine rings is 2. The fourth-order valence-corrected chi connectivity index (χ4v) is 6.41. The number of esters is 8. The number of nitrogens with zero attached hydrogens (tertiary/aromatic N) is 2. The summed E-state index contributed by atoms with van der Waals surface area (Å²) in [7, 11) is 0. The molecule has 0 amide bonds. The van der Waals surface area contributed by atoms with Crippen LogP contribution in [0.5, 0.6) is 0 Å². The summed E-state index contributed by atoms with van der Waals surface area (Å²) in [5.41, 5.74) is 2.19. The van der Waals surface area contributed by atoms with Crippen molar-refractivity contribution in [2.75, 3.05) is 0 Å². The standard InChI is InChI=1S/C52H48N2O16/c1-29(65-47(57)31(3)67-49(59)33(5)69-51(61)41-17-15-37-11-7-9-13-39(37)25-41)45(55)63-27-35-19-21-53-43(23-35)44-24-36(20-22-54-44)28-64-46(56)30(2)66-48(58)32(4)68-50(60)34(6)70-52(62)42-18-16-38-12-8-10-14-40(38)26-42/h7-26,29-34H,27-28H2,1-6H3. The van der Waals surface area contributed by atoms with E-state index >= 15 is 0 Å². The van der Waals surface area contributed by atoms with Crippen LogP contribution in [0.15, 0.2) is 122 Å². The highest BCUT2D eigenvalue weighted by atomic mass is 16.6. The topological polar surface area (TPSA) is 236 Å². The largest absolute Gasteiger partial charge is 0.458 e. The van der Waals surface area contributed by atoms with E-state index in [2.05, 4.69) is 9.97 Å². The second kappa shape index (κ2) is 23.5. The summed E-state index contributed by atoms with van der Waals surface area (Å²) >= 11 is 0. The Morgan fingerprint density at radius 3 is 1.04 bits per heavy atom. The smallest absolute Gasteiger partial charge is 0.348 e. The number of carbonyl (C=O) groups excluding carboxylic acids is 8. The van der Waals surface area contributed by atoms with Gasteiger partial charge in [-0.25, -0.2) is 38.4 Å². The lowest BCUT2D eigenvalue weighted by molar-refractivity contribution is -0.179. The molecular weight excluding hydrogens is 909 g/mol. The van der Waals surface area contributed by atoms with Crippen LogP contribution in [-0.2, 0) is 79.9 Å². The first-order valence-corrected chi connectivity index (χ1v) is 21.9. The molecule has 6 unspecified atom stereocenters. The Hall–Kier alpha value is -8.54. The van der Waals surface area contributed by atoms with Crippen molar-refractivity contribution < 1.29 is 76.3 Å². The van der Waals surface area contributed by atoms with Gasteiger partial charge in [-0.15, -0.1) is 0 Å². The molecule has 6 rings (SSSR count). The molecule has 0 aliphatic carbocycles. The molecular formula is C52H48N2O16. The predicted molar refractivity (Wildman–Crippen MR) is 247 cm³/mol. The minimum absolute atomic E-state index is 0.225. The molecule has 362 valence electrons. The van der Waals surface area contributed by atoms with E-state index < -0.39 is 84.4 Å². The van der Waals surface area contributed by atoms with Crippen LogP contribution in [0.25, 0.3) is 32.9 Å². The lowest BCUT2D eigenvalue weighted by atomic mass is 10.1. The van der Waals surface area contributed by atoms with Crippen molar-refractivity contribution >= 4 is 69.3 Å². The van der Waals surface area contributed by atoms with Crippen LogP contribution < -0.4 is 0 Å². The van der Waals surface area contributed by atoms with Gasteiger partial charge in [-0.3, -0.25) is 9.97 Å². The van der Waals surface area contributed by atoms with E-state index in [4.69, 9.17) is 37.9 Å². The van der Waals surface area contributed by atoms with Gasteiger partial charge < -0.3 is 37.9 Å². The number of aromatic nitrogens is 2. The first kappa shape index (κ1) is 50.9. The van der Waals surface area contributed by atoms with Gasteiger partial charge in [-0.1, -0.05) is 60.7 Å². The van der Waals surface area contributed by atoms with Gasteiger partial charge in [-0.05, 0) is 123 Å². The summed E-state index contributed by atoms with van der Waals surface area (Å²) in [5.74, 6) is -7.40. The van der Waals surface area contributed by atoms with E-state index in [0.29, 0.717) is 22.5 Å². The number of carbonyl (C=O) groups is 8. The highest BCUT2D eigenvalue weighted by molar-refractivity contribution is 5.98. The second-order valence-corrected chi connectivity index (χ2v) is 15.8. The molecule has 4 aromatic carbocycles. The molecule has 0 saturated carbocycles. The molecule has 0 fully saturated rings. The van der Waals surface area contributed by atoms with Gasteiger partial charge in [0.15, 0.2) is 36.6 Å². The normalized spacial score (nSPS) is 13.5. The SMILES string of the molecule is CC(OC(=O)c1ccc2ccccc2c1)C(=O)OC(C)C(=O)OC(C)C(=O)OCc1ccnc(-c2cc(COC(=O)C(C)OC(=O)C(C)OC(=O)C(C)OC(=O)c3ccc4ccccc4c3)ccn2)c1. The van der Waals surface area contributed by atoms with Crippen molar-refractivity contribution in [1.82, 2.24) is 9.97 Å². The van der Waals surface area contributed by atoms with Gasteiger partial charge in [0.05, 0.1) is 22.5 Å². The van der Waals surface area contributed by atoms with Gasteiger partial charge in [0.2, 0.25) is 0 Å². The first-order chi connectivity index (χ1) is 33.4. The molecule has 18 nitrogen and oxygen atoms in total. The number of ether oxygens (including phenoxy) is 8. The molecule has 0 spiro atoms. The van der Waals surface area contributed by atoms with E-state index in [1.807, 2.05) is 48.5 Å². The molecule has 0 radical (unpaired) electrons. The van der Waals surface area contributed by atoms with E-state index in [-0.39, 0.29) is 24.3 Å². The third-order valence-electron chi connectivity index (χ3n) is 10.4. The number of rotatable bonds is 19. The van der Waals surface area contributed by atoms with Crippen LogP contribution in [0, 0.1) is 0 Å². The van der Waals surface area contributed by atoms with Crippen LogP contribution in [-0.4, -0.2) is 94.3 Å². The maximum Gasteiger partial charge on any atom is 0.348 e. The third-order valence-corrected chi connectivity index (χ3v) is 10.4. The van der Waals surface area contributed by atoms with Gasteiger partial charge in [0, 0.05) is 12.4 Å². The zero-order valence-electron chi connectivity index (χ0n) is 38.9. The average molecular weight is 957 g/mol. The molecule has 0 saturated heterocycles. The molecule has 0 bridgehead atoms. The van der Waals surface area contributed by atoms with Crippen LogP contribution in [0.3, 0.4) is 0 Å². The Kier molecular flexibility index (Phi) is 17.0. The number of fused-ring (bicyclic) bond motifs is 2. The zero-order chi connectivity index (χ0) is 50.5. The van der Waals surface area contributed by atoms with E-state index in [0.717, 1.165) is 21.5 Å². The summed E-state index contributed by atoms with van der Waals surface area (Å²) in [6, 6.07) is 31.1. The fraction of sp³-hybridized carbons (Fsp3) is 0.269.